The van der Waals surface area contributed by atoms with Gasteiger partial charge in [-0.2, -0.15) is 0 Å². The van der Waals surface area contributed by atoms with Crippen molar-refractivity contribution in [1.29, 1.82) is 0 Å². The molecule has 2 N–H and O–H groups in total. The van der Waals surface area contributed by atoms with E-state index in [9.17, 15) is 13.2 Å². The lowest BCUT2D eigenvalue weighted by molar-refractivity contribution is -0.126. The van der Waals surface area contributed by atoms with Crippen molar-refractivity contribution in [3.05, 3.63) is 24.3 Å². The standard InChI is InChI=1S/C15H22N2O5S/c1-11-3-8-14(22-11)15(18)17-12-4-6-13(7-5-12)23(19,20)16-9-10-21-2/h4-7,11,14,16H,3,8-10H2,1-2H3,(H,17,18)/t11-,14-/m1/s1. The Bertz CT molecular complexity index is 630. The third-order valence-electron chi connectivity index (χ3n) is 3.55. The Balaban J connectivity index is 1.95. The monoisotopic (exact) mass is 342 g/mol. The summed E-state index contributed by atoms with van der Waals surface area (Å²) in [7, 11) is -2.07. The minimum Gasteiger partial charge on any atom is -0.383 e. The molecule has 0 radical (unpaired) electrons. The third kappa shape index (κ3) is 5.00. The summed E-state index contributed by atoms with van der Waals surface area (Å²) >= 11 is 0. The van der Waals surface area contributed by atoms with Crippen molar-refractivity contribution >= 4 is 21.6 Å². The summed E-state index contributed by atoms with van der Waals surface area (Å²) in [5, 5.41) is 2.74. The van der Waals surface area contributed by atoms with Crippen molar-refractivity contribution in [3.8, 4) is 0 Å². The highest BCUT2D eigenvalue weighted by Gasteiger charge is 2.28. The topological polar surface area (TPSA) is 93.7 Å². The van der Waals surface area contributed by atoms with Crippen LogP contribution in [0.2, 0.25) is 0 Å². The van der Waals surface area contributed by atoms with Gasteiger partial charge in [-0.3, -0.25) is 4.79 Å². The van der Waals surface area contributed by atoms with Gasteiger partial charge in [-0.05, 0) is 44.0 Å². The van der Waals surface area contributed by atoms with Gasteiger partial charge in [0.25, 0.3) is 5.91 Å². The zero-order valence-electron chi connectivity index (χ0n) is 13.2. The van der Waals surface area contributed by atoms with E-state index in [1.165, 1.54) is 19.2 Å². The van der Waals surface area contributed by atoms with Crippen LogP contribution in [0.1, 0.15) is 19.8 Å². The van der Waals surface area contributed by atoms with E-state index in [0.29, 0.717) is 18.7 Å². The molecule has 1 amide bonds. The number of ether oxygens (including phenoxy) is 2. The SMILES string of the molecule is COCCNS(=O)(=O)c1ccc(NC(=O)[C@H]2CC[C@@H](C)O2)cc1. The normalized spacial score (nSPS) is 21.3. The maximum atomic E-state index is 12.0. The molecule has 0 spiro atoms. The smallest absolute Gasteiger partial charge is 0.253 e. The quantitative estimate of drug-likeness (QED) is 0.724. The number of methoxy groups -OCH3 is 1. The van der Waals surface area contributed by atoms with Crippen LogP contribution in [0.4, 0.5) is 5.69 Å². The van der Waals surface area contributed by atoms with Gasteiger partial charge in [0, 0.05) is 19.3 Å². The van der Waals surface area contributed by atoms with Gasteiger partial charge >= 0.3 is 0 Å². The number of hydrogen-bond acceptors (Lipinski definition) is 5. The number of carbonyl (C=O) groups excluding carboxylic acids is 1. The summed E-state index contributed by atoms with van der Waals surface area (Å²) in [6, 6.07) is 6.01. The van der Waals surface area contributed by atoms with E-state index in [2.05, 4.69) is 10.0 Å². The highest BCUT2D eigenvalue weighted by Crippen LogP contribution is 2.21. The molecule has 1 aliphatic rings. The number of hydrogen-bond donors (Lipinski definition) is 2. The van der Waals surface area contributed by atoms with Crippen molar-refractivity contribution in [2.75, 3.05) is 25.6 Å². The number of amides is 1. The van der Waals surface area contributed by atoms with Gasteiger partial charge < -0.3 is 14.8 Å². The fourth-order valence-corrected chi connectivity index (χ4v) is 3.31. The second-order valence-electron chi connectivity index (χ2n) is 5.42. The molecule has 1 aromatic carbocycles. The van der Waals surface area contributed by atoms with Gasteiger partial charge in [0.1, 0.15) is 6.10 Å². The number of sulfonamides is 1. The van der Waals surface area contributed by atoms with E-state index < -0.39 is 16.1 Å². The lowest BCUT2D eigenvalue weighted by Gasteiger charge is -2.12. The number of anilines is 1. The minimum absolute atomic E-state index is 0.0939. The molecule has 0 unspecified atom stereocenters. The molecule has 0 bridgehead atoms. The fourth-order valence-electron chi connectivity index (χ4n) is 2.30. The van der Waals surface area contributed by atoms with Crippen molar-refractivity contribution in [3.63, 3.8) is 0 Å². The van der Waals surface area contributed by atoms with E-state index in [-0.39, 0.29) is 23.5 Å². The molecule has 0 saturated carbocycles. The van der Waals surface area contributed by atoms with E-state index in [1.807, 2.05) is 6.92 Å². The molecule has 23 heavy (non-hydrogen) atoms. The summed E-state index contributed by atoms with van der Waals surface area (Å²) in [4.78, 5) is 12.2. The Labute approximate surface area is 136 Å². The van der Waals surface area contributed by atoms with Gasteiger partial charge in [-0.1, -0.05) is 0 Å². The summed E-state index contributed by atoms with van der Waals surface area (Å²) in [6.45, 7) is 2.44. The Morgan fingerprint density at radius 1 is 1.30 bits per heavy atom. The Hall–Kier alpha value is -1.48. The van der Waals surface area contributed by atoms with Gasteiger partial charge in [0.05, 0.1) is 17.6 Å². The molecule has 2 atom stereocenters. The maximum Gasteiger partial charge on any atom is 0.253 e. The summed E-state index contributed by atoms with van der Waals surface area (Å²) < 4.78 is 36.8. The van der Waals surface area contributed by atoms with Crippen LogP contribution in [0.3, 0.4) is 0 Å². The van der Waals surface area contributed by atoms with Crippen molar-refractivity contribution < 1.29 is 22.7 Å². The van der Waals surface area contributed by atoms with Gasteiger partial charge in [-0.15, -0.1) is 0 Å². The first kappa shape index (κ1) is 17.9. The molecule has 1 aliphatic heterocycles. The Kier molecular flexibility index (Phi) is 6.11. The van der Waals surface area contributed by atoms with Gasteiger partial charge in [0.2, 0.25) is 10.0 Å². The summed E-state index contributed by atoms with van der Waals surface area (Å²) in [5.41, 5.74) is 0.536. The predicted octanol–water partition coefficient (Wildman–Crippen LogP) is 1.12. The number of rotatable bonds is 7. The highest BCUT2D eigenvalue weighted by molar-refractivity contribution is 7.89. The molecule has 1 heterocycles. The largest absolute Gasteiger partial charge is 0.383 e. The third-order valence-corrected chi connectivity index (χ3v) is 5.03. The zero-order chi connectivity index (χ0) is 16.9. The van der Waals surface area contributed by atoms with Crippen molar-refractivity contribution in [1.82, 2.24) is 4.72 Å². The Morgan fingerprint density at radius 2 is 2.00 bits per heavy atom. The molecule has 128 valence electrons. The van der Waals surface area contributed by atoms with Crippen molar-refractivity contribution in [2.45, 2.75) is 36.9 Å². The van der Waals surface area contributed by atoms with Gasteiger partial charge in [0.15, 0.2) is 0 Å². The van der Waals surface area contributed by atoms with Crippen molar-refractivity contribution in [2.24, 2.45) is 0 Å². The second kappa shape index (κ2) is 7.87. The second-order valence-corrected chi connectivity index (χ2v) is 7.18. The van der Waals surface area contributed by atoms with Crippen LogP contribution < -0.4 is 10.0 Å². The molecule has 1 fully saturated rings. The van der Waals surface area contributed by atoms with Crippen LogP contribution in [-0.2, 0) is 24.3 Å². The van der Waals surface area contributed by atoms with Crippen LogP contribution in [0, 0.1) is 0 Å². The summed E-state index contributed by atoms with van der Waals surface area (Å²) in [6.07, 6.45) is 1.21. The molecular weight excluding hydrogens is 320 g/mol. The molecule has 0 aromatic heterocycles. The fraction of sp³-hybridized carbons (Fsp3) is 0.533. The van der Waals surface area contributed by atoms with Crippen LogP contribution in [0.5, 0.6) is 0 Å². The van der Waals surface area contributed by atoms with E-state index in [4.69, 9.17) is 9.47 Å². The number of nitrogens with one attached hydrogen (secondary N) is 2. The number of benzene rings is 1. The first-order valence-electron chi connectivity index (χ1n) is 7.47. The number of carbonyl (C=O) groups is 1. The minimum atomic E-state index is -3.57. The zero-order valence-corrected chi connectivity index (χ0v) is 14.1. The van der Waals surface area contributed by atoms with Crippen LogP contribution in [0.15, 0.2) is 29.2 Å². The molecular formula is C15H22N2O5S. The van der Waals surface area contributed by atoms with Crippen LogP contribution in [-0.4, -0.2) is 46.8 Å². The average molecular weight is 342 g/mol. The van der Waals surface area contributed by atoms with E-state index >= 15 is 0 Å². The van der Waals surface area contributed by atoms with E-state index in [1.54, 1.807) is 12.1 Å². The highest BCUT2D eigenvalue weighted by atomic mass is 32.2. The molecule has 0 aliphatic carbocycles. The first-order valence-corrected chi connectivity index (χ1v) is 8.95. The maximum absolute atomic E-state index is 12.0. The first-order chi connectivity index (χ1) is 10.9. The summed E-state index contributed by atoms with van der Waals surface area (Å²) in [5.74, 6) is -0.205. The Morgan fingerprint density at radius 3 is 2.57 bits per heavy atom. The molecule has 8 heteroatoms. The molecule has 7 nitrogen and oxygen atoms in total. The molecule has 1 aromatic rings. The van der Waals surface area contributed by atoms with Crippen LogP contribution >= 0.6 is 0 Å². The van der Waals surface area contributed by atoms with Crippen LogP contribution in [0.25, 0.3) is 0 Å². The predicted molar refractivity (Wildman–Crippen MR) is 85.7 cm³/mol. The lowest BCUT2D eigenvalue weighted by Crippen LogP contribution is -2.28. The van der Waals surface area contributed by atoms with Gasteiger partial charge in [-0.25, -0.2) is 13.1 Å². The molecule has 1 saturated heterocycles. The average Bonchev–Trinajstić information content (AvgIpc) is 2.95. The van der Waals surface area contributed by atoms with E-state index in [0.717, 1.165) is 6.42 Å². The molecule has 2 rings (SSSR count). The lowest BCUT2D eigenvalue weighted by atomic mass is 10.2.